The van der Waals surface area contributed by atoms with Crippen LogP contribution in [0, 0.1) is 0 Å². The molecule has 2 aromatic rings. The molecule has 0 aliphatic heterocycles. The van der Waals surface area contributed by atoms with Gasteiger partial charge in [0.1, 0.15) is 11.5 Å². The van der Waals surface area contributed by atoms with Crippen LogP contribution in [0.3, 0.4) is 0 Å². The molecule has 0 aromatic heterocycles. The fraction of sp³-hybridized carbons (Fsp3) is 0.529. The summed E-state index contributed by atoms with van der Waals surface area (Å²) in [6, 6.07) is 10.5. The second kappa shape index (κ2) is 13.9. The van der Waals surface area contributed by atoms with Gasteiger partial charge in [0.25, 0.3) is 0 Å². The Hall–Kier alpha value is -3.28. The summed E-state index contributed by atoms with van der Waals surface area (Å²) in [5.74, 6) is 1.00. The van der Waals surface area contributed by atoms with Crippen molar-refractivity contribution in [2.45, 2.75) is 96.8 Å². The number of fused-ring (bicyclic) bond motifs is 1. The van der Waals surface area contributed by atoms with E-state index in [4.69, 9.17) is 19.9 Å². The standard InChI is InChI=1S/C34H47NO5/c1-7-39-32(37)17-15-24-14-16-29(38-6)25(21-24)26-22-27-28(34(4,5)19-18-33(27,2)3)23-30(26)40-20-12-10-8-9-11-13-31(35)36/h14-17,21-23H,7-13,18-20H2,1-6H3,(H2,35,36)/b17-15+. The summed E-state index contributed by atoms with van der Waals surface area (Å²) in [7, 11) is 1.68. The molecule has 1 aliphatic rings. The molecule has 0 saturated carbocycles. The Bertz CT molecular complexity index is 1210. The van der Waals surface area contributed by atoms with Crippen LogP contribution in [0.4, 0.5) is 0 Å². The molecule has 218 valence electrons. The number of esters is 1. The average molecular weight is 550 g/mol. The lowest BCUT2D eigenvalue weighted by Crippen LogP contribution is -2.34. The Morgan fingerprint density at radius 1 is 0.875 bits per heavy atom. The first-order chi connectivity index (χ1) is 19.0. The van der Waals surface area contributed by atoms with Gasteiger partial charge in [0.2, 0.25) is 5.91 Å². The number of hydrogen-bond acceptors (Lipinski definition) is 5. The van der Waals surface area contributed by atoms with Crippen molar-refractivity contribution in [3.05, 3.63) is 53.1 Å². The van der Waals surface area contributed by atoms with Gasteiger partial charge in [-0.15, -0.1) is 0 Å². The Labute approximate surface area is 240 Å². The third-order valence-corrected chi connectivity index (χ3v) is 7.99. The molecule has 1 aliphatic carbocycles. The summed E-state index contributed by atoms with van der Waals surface area (Å²) in [5.41, 5.74) is 10.8. The predicted molar refractivity (Wildman–Crippen MR) is 162 cm³/mol. The van der Waals surface area contributed by atoms with Crippen LogP contribution in [0.1, 0.15) is 103 Å². The number of nitrogens with two attached hydrogens (primary N) is 1. The summed E-state index contributed by atoms with van der Waals surface area (Å²) in [6.07, 6.45) is 10.8. The summed E-state index contributed by atoms with van der Waals surface area (Å²) in [5, 5.41) is 0. The number of carbonyl (C=O) groups is 2. The van der Waals surface area contributed by atoms with Crippen molar-refractivity contribution in [3.63, 3.8) is 0 Å². The quantitative estimate of drug-likeness (QED) is 0.150. The molecule has 3 rings (SSSR count). The van der Waals surface area contributed by atoms with E-state index in [0.29, 0.717) is 19.6 Å². The Morgan fingerprint density at radius 2 is 1.50 bits per heavy atom. The number of rotatable bonds is 14. The monoisotopic (exact) mass is 549 g/mol. The van der Waals surface area contributed by atoms with Gasteiger partial charge in [-0.2, -0.15) is 0 Å². The molecule has 1 amide bonds. The summed E-state index contributed by atoms with van der Waals surface area (Å²) >= 11 is 0. The van der Waals surface area contributed by atoms with Crippen molar-refractivity contribution in [2.75, 3.05) is 20.3 Å². The van der Waals surface area contributed by atoms with E-state index in [1.165, 1.54) is 17.2 Å². The van der Waals surface area contributed by atoms with Crippen LogP contribution in [0.2, 0.25) is 0 Å². The van der Waals surface area contributed by atoms with Gasteiger partial charge in [0, 0.05) is 23.6 Å². The first-order valence-corrected chi connectivity index (χ1v) is 14.6. The van der Waals surface area contributed by atoms with Crippen molar-refractivity contribution < 1.29 is 23.8 Å². The van der Waals surface area contributed by atoms with Gasteiger partial charge in [-0.05, 0) is 90.5 Å². The fourth-order valence-corrected chi connectivity index (χ4v) is 5.43. The molecule has 40 heavy (non-hydrogen) atoms. The maximum absolute atomic E-state index is 11.9. The van der Waals surface area contributed by atoms with Gasteiger partial charge in [0.15, 0.2) is 0 Å². The zero-order valence-corrected chi connectivity index (χ0v) is 25.2. The van der Waals surface area contributed by atoms with E-state index in [9.17, 15) is 9.59 Å². The summed E-state index contributed by atoms with van der Waals surface area (Å²) in [6.45, 7) is 12.0. The van der Waals surface area contributed by atoms with Crippen LogP contribution >= 0.6 is 0 Å². The maximum Gasteiger partial charge on any atom is 0.330 e. The maximum atomic E-state index is 11.9. The molecule has 6 heteroatoms. The third-order valence-electron chi connectivity index (χ3n) is 7.99. The number of amides is 1. The first kappa shape index (κ1) is 31.3. The van der Waals surface area contributed by atoms with Crippen molar-refractivity contribution >= 4 is 18.0 Å². The predicted octanol–water partition coefficient (Wildman–Crippen LogP) is 7.49. The average Bonchev–Trinajstić information content (AvgIpc) is 2.91. The normalized spacial score (nSPS) is 15.4. The van der Waals surface area contributed by atoms with Crippen molar-refractivity contribution in [3.8, 4) is 22.6 Å². The molecule has 0 fully saturated rings. The minimum absolute atomic E-state index is 0.0394. The Balaban J connectivity index is 1.96. The van der Waals surface area contributed by atoms with Crippen LogP contribution in [0.15, 0.2) is 36.4 Å². The molecule has 0 bridgehead atoms. The SMILES string of the molecule is CCOC(=O)/C=C/c1ccc(OC)c(-c2cc3c(cc2OCCCCCCCC(N)=O)C(C)(C)CCC3(C)C)c1. The number of ether oxygens (including phenoxy) is 3. The molecule has 0 radical (unpaired) electrons. The Morgan fingerprint density at radius 3 is 2.15 bits per heavy atom. The smallest absolute Gasteiger partial charge is 0.330 e. The largest absolute Gasteiger partial charge is 0.496 e. The highest BCUT2D eigenvalue weighted by Gasteiger charge is 2.38. The van der Waals surface area contributed by atoms with E-state index < -0.39 is 0 Å². The van der Waals surface area contributed by atoms with Gasteiger partial charge in [-0.1, -0.05) is 53.0 Å². The van der Waals surface area contributed by atoms with Crippen molar-refractivity contribution in [1.29, 1.82) is 0 Å². The number of unbranched alkanes of at least 4 members (excludes halogenated alkanes) is 4. The topological polar surface area (TPSA) is 87.8 Å². The molecular formula is C34H47NO5. The molecule has 0 spiro atoms. The van der Waals surface area contributed by atoms with Gasteiger partial charge < -0.3 is 19.9 Å². The summed E-state index contributed by atoms with van der Waals surface area (Å²) < 4.78 is 17.4. The van der Waals surface area contributed by atoms with Crippen molar-refractivity contribution in [2.24, 2.45) is 5.73 Å². The fourth-order valence-electron chi connectivity index (χ4n) is 5.43. The molecule has 0 unspecified atom stereocenters. The second-order valence-corrected chi connectivity index (χ2v) is 12.0. The third kappa shape index (κ3) is 8.12. The number of hydrogen-bond donors (Lipinski definition) is 1. The van der Waals surface area contributed by atoms with E-state index >= 15 is 0 Å². The highest BCUT2D eigenvalue weighted by atomic mass is 16.5. The van der Waals surface area contributed by atoms with Crippen LogP contribution < -0.4 is 15.2 Å². The Kier molecular flexibility index (Phi) is 10.8. The number of benzene rings is 2. The lowest BCUT2D eigenvalue weighted by Gasteiger charge is -2.42. The molecule has 0 saturated heterocycles. The number of methoxy groups -OCH3 is 1. The van der Waals surface area contributed by atoms with Crippen LogP contribution in [0.25, 0.3) is 17.2 Å². The van der Waals surface area contributed by atoms with Crippen LogP contribution in [0.5, 0.6) is 11.5 Å². The summed E-state index contributed by atoms with van der Waals surface area (Å²) in [4.78, 5) is 22.9. The molecule has 2 aromatic carbocycles. The molecule has 6 nitrogen and oxygen atoms in total. The van der Waals surface area contributed by atoms with Gasteiger partial charge in [-0.3, -0.25) is 4.79 Å². The van der Waals surface area contributed by atoms with E-state index in [1.54, 1.807) is 20.1 Å². The highest BCUT2D eigenvalue weighted by molar-refractivity contribution is 5.88. The zero-order chi connectivity index (χ0) is 29.3. The van der Waals surface area contributed by atoms with Crippen LogP contribution in [-0.4, -0.2) is 32.2 Å². The highest BCUT2D eigenvalue weighted by Crippen LogP contribution is 2.50. The van der Waals surface area contributed by atoms with E-state index in [2.05, 4.69) is 39.8 Å². The van der Waals surface area contributed by atoms with E-state index in [-0.39, 0.29) is 22.7 Å². The number of primary amides is 1. The lowest BCUT2D eigenvalue weighted by molar-refractivity contribution is -0.137. The lowest BCUT2D eigenvalue weighted by atomic mass is 9.62. The minimum Gasteiger partial charge on any atom is -0.496 e. The van der Waals surface area contributed by atoms with Crippen molar-refractivity contribution in [1.82, 2.24) is 0 Å². The van der Waals surface area contributed by atoms with E-state index in [0.717, 1.165) is 73.1 Å². The molecule has 0 heterocycles. The van der Waals surface area contributed by atoms with Gasteiger partial charge in [-0.25, -0.2) is 4.79 Å². The zero-order valence-electron chi connectivity index (χ0n) is 25.2. The van der Waals surface area contributed by atoms with Gasteiger partial charge >= 0.3 is 5.97 Å². The van der Waals surface area contributed by atoms with Gasteiger partial charge in [0.05, 0.1) is 20.3 Å². The first-order valence-electron chi connectivity index (χ1n) is 14.6. The minimum atomic E-state index is -0.365. The number of carbonyl (C=O) groups excluding carboxylic acids is 2. The van der Waals surface area contributed by atoms with E-state index in [1.807, 2.05) is 18.2 Å². The second-order valence-electron chi connectivity index (χ2n) is 12.0. The molecule has 2 N–H and O–H groups in total. The molecule has 0 atom stereocenters. The molecular weight excluding hydrogens is 502 g/mol. The van der Waals surface area contributed by atoms with Crippen LogP contribution in [-0.2, 0) is 25.2 Å².